The minimum atomic E-state index is -0.351. The highest BCUT2D eigenvalue weighted by Crippen LogP contribution is 2.43. The smallest absolute Gasteiger partial charge is 0.342 e. The SMILES string of the molecule is CCOC(=O)c1c2c(c3c(Br)cn(C)c3c1Cc1ccncc1)CNC(C)O2. The van der Waals surface area contributed by atoms with Gasteiger partial charge in [0, 0.05) is 54.0 Å². The molecule has 146 valence electrons. The molecular formula is C21H22BrN3O3. The number of fused-ring (bicyclic) bond motifs is 3. The van der Waals surface area contributed by atoms with E-state index < -0.39 is 0 Å². The van der Waals surface area contributed by atoms with Crippen molar-refractivity contribution in [1.82, 2.24) is 14.9 Å². The minimum absolute atomic E-state index is 0.186. The molecule has 1 aromatic carbocycles. The van der Waals surface area contributed by atoms with Crippen molar-refractivity contribution in [2.24, 2.45) is 7.05 Å². The van der Waals surface area contributed by atoms with Crippen LogP contribution in [0.3, 0.4) is 0 Å². The lowest BCUT2D eigenvalue weighted by Gasteiger charge is -2.29. The third kappa shape index (κ3) is 3.18. The van der Waals surface area contributed by atoms with Crippen LogP contribution in [0.1, 0.15) is 40.9 Å². The van der Waals surface area contributed by atoms with E-state index in [1.165, 1.54) is 0 Å². The molecule has 1 aliphatic heterocycles. The molecule has 0 aliphatic carbocycles. The van der Waals surface area contributed by atoms with E-state index in [0.29, 0.717) is 30.9 Å². The van der Waals surface area contributed by atoms with E-state index in [2.05, 4.69) is 30.8 Å². The summed E-state index contributed by atoms with van der Waals surface area (Å²) in [6, 6.07) is 3.92. The van der Waals surface area contributed by atoms with Gasteiger partial charge >= 0.3 is 5.97 Å². The second-order valence-electron chi connectivity index (χ2n) is 6.87. The van der Waals surface area contributed by atoms with Crippen LogP contribution in [0, 0.1) is 0 Å². The van der Waals surface area contributed by atoms with Gasteiger partial charge in [-0.25, -0.2) is 4.79 Å². The fourth-order valence-corrected chi connectivity index (χ4v) is 4.55. The number of hydrogen-bond acceptors (Lipinski definition) is 5. The lowest BCUT2D eigenvalue weighted by Crippen LogP contribution is -2.36. The normalized spacial score (nSPS) is 15.9. The van der Waals surface area contributed by atoms with Crippen molar-refractivity contribution >= 4 is 32.8 Å². The van der Waals surface area contributed by atoms with Crippen molar-refractivity contribution in [2.45, 2.75) is 33.0 Å². The fraction of sp³-hybridized carbons (Fsp3) is 0.333. The summed E-state index contributed by atoms with van der Waals surface area (Å²) in [6.07, 6.45) is 5.94. The minimum Gasteiger partial charge on any atom is -0.474 e. The predicted molar refractivity (Wildman–Crippen MR) is 111 cm³/mol. The zero-order valence-electron chi connectivity index (χ0n) is 16.1. The number of nitrogens with one attached hydrogen (secondary N) is 1. The Morgan fingerprint density at radius 1 is 1.43 bits per heavy atom. The van der Waals surface area contributed by atoms with Crippen molar-refractivity contribution in [3.05, 3.63) is 57.4 Å². The van der Waals surface area contributed by atoms with Crippen LogP contribution in [0.15, 0.2) is 35.2 Å². The fourth-order valence-electron chi connectivity index (χ4n) is 3.82. The molecule has 6 nitrogen and oxygen atoms in total. The summed E-state index contributed by atoms with van der Waals surface area (Å²) in [5.74, 6) is 0.268. The maximum Gasteiger partial charge on any atom is 0.342 e. The summed E-state index contributed by atoms with van der Waals surface area (Å²) in [5, 5.41) is 4.39. The Morgan fingerprint density at radius 2 is 2.18 bits per heavy atom. The van der Waals surface area contributed by atoms with Gasteiger partial charge in [-0.1, -0.05) is 0 Å². The van der Waals surface area contributed by atoms with Gasteiger partial charge in [-0.05, 0) is 53.0 Å². The zero-order valence-corrected chi connectivity index (χ0v) is 17.7. The predicted octanol–water partition coefficient (Wildman–Crippen LogP) is 3.93. The number of ether oxygens (including phenoxy) is 2. The van der Waals surface area contributed by atoms with Crippen molar-refractivity contribution in [3.8, 4) is 5.75 Å². The number of esters is 1. The highest BCUT2D eigenvalue weighted by atomic mass is 79.9. The van der Waals surface area contributed by atoms with E-state index in [4.69, 9.17) is 9.47 Å². The summed E-state index contributed by atoms with van der Waals surface area (Å²) in [6.45, 7) is 4.68. The third-order valence-corrected chi connectivity index (χ3v) is 5.60. The van der Waals surface area contributed by atoms with Crippen LogP contribution in [-0.2, 0) is 24.8 Å². The Morgan fingerprint density at radius 3 is 2.89 bits per heavy atom. The lowest BCUT2D eigenvalue weighted by molar-refractivity contribution is 0.0514. The number of benzene rings is 1. The highest BCUT2D eigenvalue weighted by molar-refractivity contribution is 9.10. The Labute approximate surface area is 172 Å². The Hall–Kier alpha value is -2.38. The van der Waals surface area contributed by atoms with Gasteiger partial charge in [0.05, 0.1) is 12.1 Å². The van der Waals surface area contributed by atoms with Gasteiger partial charge in [-0.15, -0.1) is 0 Å². The van der Waals surface area contributed by atoms with E-state index >= 15 is 0 Å². The molecule has 3 aromatic rings. The molecule has 3 heterocycles. The van der Waals surface area contributed by atoms with Crippen LogP contribution in [0.4, 0.5) is 0 Å². The number of aromatic nitrogens is 2. The van der Waals surface area contributed by atoms with Crippen LogP contribution in [-0.4, -0.2) is 28.4 Å². The van der Waals surface area contributed by atoms with E-state index in [9.17, 15) is 4.79 Å². The van der Waals surface area contributed by atoms with Gasteiger partial charge in [0.15, 0.2) is 0 Å². The number of rotatable bonds is 4. The van der Waals surface area contributed by atoms with E-state index in [-0.39, 0.29) is 12.2 Å². The second kappa shape index (κ2) is 7.56. The number of aryl methyl sites for hydroxylation is 1. The summed E-state index contributed by atoms with van der Waals surface area (Å²) < 4.78 is 14.6. The van der Waals surface area contributed by atoms with Crippen molar-refractivity contribution in [2.75, 3.05) is 6.61 Å². The van der Waals surface area contributed by atoms with E-state index in [1.54, 1.807) is 12.4 Å². The molecule has 1 atom stereocenters. The molecular weight excluding hydrogens is 422 g/mol. The first kappa shape index (κ1) is 19.0. The largest absolute Gasteiger partial charge is 0.474 e. The van der Waals surface area contributed by atoms with Gasteiger partial charge < -0.3 is 14.0 Å². The van der Waals surface area contributed by atoms with Crippen molar-refractivity contribution in [3.63, 3.8) is 0 Å². The topological polar surface area (TPSA) is 65.4 Å². The van der Waals surface area contributed by atoms with Crippen LogP contribution < -0.4 is 10.1 Å². The van der Waals surface area contributed by atoms with Crippen molar-refractivity contribution < 1.29 is 14.3 Å². The maximum absolute atomic E-state index is 13.0. The molecule has 1 aliphatic rings. The Kier molecular flexibility index (Phi) is 5.12. The summed E-state index contributed by atoms with van der Waals surface area (Å²) in [5.41, 5.74) is 4.47. The molecule has 1 N–H and O–H groups in total. The Balaban J connectivity index is 2.06. The van der Waals surface area contributed by atoms with Crippen LogP contribution in [0.25, 0.3) is 10.9 Å². The molecule has 1 unspecified atom stereocenters. The zero-order chi connectivity index (χ0) is 19.8. The molecule has 0 spiro atoms. The molecule has 0 bridgehead atoms. The third-order valence-electron chi connectivity index (χ3n) is 5.00. The highest BCUT2D eigenvalue weighted by Gasteiger charge is 2.32. The van der Waals surface area contributed by atoms with E-state index in [1.807, 2.05) is 39.2 Å². The standard InChI is InChI=1S/C21H22BrN3O3/c1-4-27-21(26)18-14(9-13-5-7-23-8-6-13)19-17(16(22)11-25(19)3)15-10-24-12(2)28-20(15)18/h5-8,11-12,24H,4,9-10H2,1-3H3. The molecule has 7 heteroatoms. The summed E-state index contributed by atoms with van der Waals surface area (Å²) in [7, 11) is 1.99. The first-order valence-corrected chi connectivity index (χ1v) is 10.1. The molecule has 0 amide bonds. The Bertz CT molecular complexity index is 1050. The lowest BCUT2D eigenvalue weighted by atomic mass is 9.92. The summed E-state index contributed by atoms with van der Waals surface area (Å²) >= 11 is 3.69. The first-order chi connectivity index (χ1) is 13.5. The number of hydrogen-bond donors (Lipinski definition) is 1. The number of carbonyl (C=O) groups is 1. The average molecular weight is 444 g/mol. The quantitative estimate of drug-likeness (QED) is 0.618. The number of pyridine rings is 1. The van der Waals surface area contributed by atoms with Gasteiger partial charge in [-0.2, -0.15) is 0 Å². The second-order valence-corrected chi connectivity index (χ2v) is 7.72. The maximum atomic E-state index is 13.0. The van der Waals surface area contributed by atoms with E-state index in [0.717, 1.165) is 32.1 Å². The average Bonchev–Trinajstić information content (AvgIpc) is 2.97. The molecule has 28 heavy (non-hydrogen) atoms. The van der Waals surface area contributed by atoms with Gasteiger partial charge in [0.1, 0.15) is 17.5 Å². The molecule has 0 fully saturated rings. The monoisotopic (exact) mass is 443 g/mol. The first-order valence-electron chi connectivity index (χ1n) is 9.29. The molecule has 0 radical (unpaired) electrons. The van der Waals surface area contributed by atoms with Gasteiger partial charge in [0.2, 0.25) is 0 Å². The molecule has 0 saturated carbocycles. The molecule has 2 aromatic heterocycles. The number of carbonyl (C=O) groups excluding carboxylic acids is 1. The van der Waals surface area contributed by atoms with Gasteiger partial charge in [0.25, 0.3) is 0 Å². The van der Waals surface area contributed by atoms with Crippen LogP contribution >= 0.6 is 15.9 Å². The van der Waals surface area contributed by atoms with Crippen LogP contribution in [0.2, 0.25) is 0 Å². The number of halogens is 1. The molecule has 4 rings (SSSR count). The number of nitrogens with zero attached hydrogens (tertiary/aromatic N) is 2. The van der Waals surface area contributed by atoms with Crippen molar-refractivity contribution in [1.29, 1.82) is 0 Å². The molecule has 0 saturated heterocycles. The van der Waals surface area contributed by atoms with Crippen LogP contribution in [0.5, 0.6) is 5.75 Å². The summed E-state index contributed by atoms with van der Waals surface area (Å²) in [4.78, 5) is 17.1. The van der Waals surface area contributed by atoms with Gasteiger partial charge in [-0.3, -0.25) is 10.3 Å².